The van der Waals surface area contributed by atoms with Crippen LogP contribution in [0.15, 0.2) is 40.4 Å². The lowest BCUT2D eigenvalue weighted by Gasteiger charge is -2.28. The lowest BCUT2D eigenvalue weighted by atomic mass is 9.91. The number of β-amino-alcohol motifs (C(OH)–C–C–N with tert-alkyl or cyclic N) is 1. The van der Waals surface area contributed by atoms with E-state index in [0.29, 0.717) is 38.0 Å². The fourth-order valence-corrected chi connectivity index (χ4v) is 6.18. The Kier molecular flexibility index (Phi) is 9.88. The molecule has 0 bridgehead atoms. The van der Waals surface area contributed by atoms with E-state index in [0.717, 1.165) is 34.5 Å². The number of carbonyl (C=O) groups is 2. The number of aliphatic hydroxyl groups excluding tert-OH is 1. The van der Waals surface area contributed by atoms with Crippen LogP contribution in [-0.4, -0.2) is 76.8 Å². The van der Waals surface area contributed by atoms with Crippen LogP contribution in [0.3, 0.4) is 0 Å². The van der Waals surface area contributed by atoms with Gasteiger partial charge >= 0.3 is 0 Å². The standard InChI is InChI=1S/C30H38N4O7S/c1-18(2)27(24-14-25(33-41-24)38-10-4-5-26-39-11-12-40-26)30(37)34-16-22(35)13-23(34)29(36)31-15-20-6-8-21(9-7-20)28-19(3)32-17-42-28/h6-9,14,17-18,22-23,26-27,35H,4-5,10-13,15-16H2,1-3H3,(H,31,36). The third kappa shape index (κ3) is 7.17. The predicted molar refractivity (Wildman–Crippen MR) is 155 cm³/mol. The second kappa shape index (κ2) is 13.8. The summed E-state index contributed by atoms with van der Waals surface area (Å²) in [7, 11) is 0. The Balaban J connectivity index is 1.18. The fraction of sp³-hybridized carbons (Fsp3) is 0.533. The van der Waals surface area contributed by atoms with Crippen LogP contribution < -0.4 is 10.1 Å². The van der Waals surface area contributed by atoms with Crippen LogP contribution in [0.5, 0.6) is 5.88 Å². The van der Waals surface area contributed by atoms with E-state index >= 15 is 0 Å². The van der Waals surface area contributed by atoms with Crippen LogP contribution >= 0.6 is 11.3 Å². The van der Waals surface area contributed by atoms with Gasteiger partial charge in [-0.2, -0.15) is 0 Å². The Morgan fingerprint density at radius 1 is 1.21 bits per heavy atom. The Morgan fingerprint density at radius 2 is 1.98 bits per heavy atom. The molecular formula is C30H38N4O7S. The van der Waals surface area contributed by atoms with Crippen molar-refractivity contribution in [2.45, 2.75) is 70.9 Å². The summed E-state index contributed by atoms with van der Waals surface area (Å²) in [6.07, 6.45) is 0.629. The number of amides is 2. The first kappa shape index (κ1) is 30.1. The first-order valence-corrected chi connectivity index (χ1v) is 15.3. The molecule has 12 heteroatoms. The number of likely N-dealkylation sites (tertiary alicyclic amines) is 1. The molecule has 2 N–H and O–H groups in total. The van der Waals surface area contributed by atoms with Gasteiger partial charge in [0, 0.05) is 32.0 Å². The molecule has 2 saturated heterocycles. The van der Waals surface area contributed by atoms with Gasteiger partial charge < -0.3 is 34.1 Å². The summed E-state index contributed by atoms with van der Waals surface area (Å²) >= 11 is 1.59. The van der Waals surface area contributed by atoms with Gasteiger partial charge in [0.2, 0.25) is 11.8 Å². The number of thiazole rings is 1. The summed E-state index contributed by atoms with van der Waals surface area (Å²) in [6.45, 7) is 7.81. The maximum Gasteiger partial charge on any atom is 0.254 e. The number of aliphatic hydroxyl groups is 1. The molecule has 5 rings (SSSR count). The molecule has 4 heterocycles. The number of carbonyl (C=O) groups excluding carboxylic acids is 2. The van der Waals surface area contributed by atoms with Gasteiger partial charge in [-0.05, 0) is 35.5 Å². The molecule has 3 unspecified atom stereocenters. The molecular weight excluding hydrogens is 560 g/mol. The minimum Gasteiger partial charge on any atom is -0.476 e. The van der Waals surface area contributed by atoms with Crippen LogP contribution in [0.25, 0.3) is 10.4 Å². The normalized spacial score (nSPS) is 19.9. The van der Waals surface area contributed by atoms with E-state index in [1.807, 2.05) is 50.5 Å². The molecule has 0 spiro atoms. The van der Waals surface area contributed by atoms with Crippen molar-refractivity contribution >= 4 is 23.2 Å². The Morgan fingerprint density at radius 3 is 2.67 bits per heavy atom. The molecule has 2 amide bonds. The van der Waals surface area contributed by atoms with Crippen molar-refractivity contribution < 1.29 is 33.4 Å². The zero-order valence-electron chi connectivity index (χ0n) is 24.2. The number of hydrogen-bond donors (Lipinski definition) is 2. The zero-order valence-corrected chi connectivity index (χ0v) is 25.0. The van der Waals surface area contributed by atoms with Crippen molar-refractivity contribution in [2.24, 2.45) is 5.92 Å². The third-order valence-corrected chi connectivity index (χ3v) is 8.54. The van der Waals surface area contributed by atoms with Crippen molar-refractivity contribution in [3.8, 4) is 16.3 Å². The molecule has 42 heavy (non-hydrogen) atoms. The van der Waals surface area contributed by atoms with Crippen molar-refractivity contribution in [2.75, 3.05) is 26.4 Å². The van der Waals surface area contributed by atoms with E-state index in [1.54, 1.807) is 17.4 Å². The molecule has 226 valence electrons. The first-order valence-electron chi connectivity index (χ1n) is 14.4. The summed E-state index contributed by atoms with van der Waals surface area (Å²) in [4.78, 5) is 33.9. The van der Waals surface area contributed by atoms with Crippen molar-refractivity contribution in [3.63, 3.8) is 0 Å². The lowest BCUT2D eigenvalue weighted by molar-refractivity contribution is -0.141. The van der Waals surface area contributed by atoms with E-state index in [2.05, 4.69) is 15.5 Å². The number of ether oxygens (including phenoxy) is 3. The molecule has 2 aromatic heterocycles. The highest BCUT2D eigenvalue weighted by molar-refractivity contribution is 7.13. The highest BCUT2D eigenvalue weighted by atomic mass is 32.1. The molecule has 2 aliphatic rings. The van der Waals surface area contributed by atoms with Gasteiger partial charge in [-0.3, -0.25) is 9.59 Å². The van der Waals surface area contributed by atoms with Gasteiger partial charge in [-0.1, -0.05) is 38.1 Å². The van der Waals surface area contributed by atoms with Crippen molar-refractivity contribution in [1.82, 2.24) is 20.4 Å². The molecule has 3 atom stereocenters. The van der Waals surface area contributed by atoms with Gasteiger partial charge in [0.1, 0.15) is 12.0 Å². The Hall–Kier alpha value is -3.32. The number of aromatic nitrogens is 2. The van der Waals surface area contributed by atoms with Crippen LogP contribution in [0.4, 0.5) is 0 Å². The summed E-state index contributed by atoms with van der Waals surface area (Å²) in [5.41, 5.74) is 4.82. The molecule has 2 fully saturated rings. The third-order valence-electron chi connectivity index (χ3n) is 7.56. The van der Waals surface area contributed by atoms with Gasteiger partial charge in [0.05, 0.1) is 42.0 Å². The topological polar surface area (TPSA) is 136 Å². The molecule has 2 aliphatic heterocycles. The maximum absolute atomic E-state index is 13.8. The number of rotatable bonds is 12. The SMILES string of the molecule is Cc1ncsc1-c1ccc(CNC(=O)C2CC(O)CN2C(=O)C(c2cc(OCCCC3OCCO3)no2)C(C)C)cc1. The minimum atomic E-state index is -0.791. The van der Waals surface area contributed by atoms with E-state index in [1.165, 1.54) is 4.90 Å². The maximum atomic E-state index is 13.8. The van der Waals surface area contributed by atoms with E-state index in [4.69, 9.17) is 18.7 Å². The average Bonchev–Trinajstić information content (AvgIpc) is 3.79. The average molecular weight is 599 g/mol. The predicted octanol–water partition coefficient (Wildman–Crippen LogP) is 3.66. The van der Waals surface area contributed by atoms with Crippen LogP contribution in [-0.2, 0) is 25.6 Å². The molecule has 0 saturated carbocycles. The van der Waals surface area contributed by atoms with Gasteiger partial charge in [0.25, 0.3) is 5.88 Å². The highest BCUT2D eigenvalue weighted by Gasteiger charge is 2.43. The molecule has 3 aromatic rings. The van der Waals surface area contributed by atoms with Crippen LogP contribution in [0, 0.1) is 12.8 Å². The van der Waals surface area contributed by atoms with E-state index in [9.17, 15) is 14.7 Å². The van der Waals surface area contributed by atoms with Crippen molar-refractivity contribution in [1.29, 1.82) is 0 Å². The molecule has 0 aliphatic carbocycles. The monoisotopic (exact) mass is 598 g/mol. The molecule has 1 aromatic carbocycles. The second-order valence-corrected chi connectivity index (χ2v) is 11.9. The van der Waals surface area contributed by atoms with Crippen LogP contribution in [0.2, 0.25) is 0 Å². The van der Waals surface area contributed by atoms with Crippen molar-refractivity contribution in [3.05, 3.63) is 52.9 Å². The lowest BCUT2D eigenvalue weighted by Crippen LogP contribution is -2.48. The Bertz CT molecular complexity index is 1340. The summed E-state index contributed by atoms with van der Waals surface area (Å²) in [5, 5.41) is 17.4. The number of benzene rings is 1. The molecule has 11 nitrogen and oxygen atoms in total. The summed E-state index contributed by atoms with van der Waals surface area (Å²) in [5.74, 6) is -0.755. The van der Waals surface area contributed by atoms with E-state index < -0.39 is 18.1 Å². The zero-order chi connectivity index (χ0) is 29.6. The largest absolute Gasteiger partial charge is 0.476 e. The number of hydrogen-bond acceptors (Lipinski definition) is 10. The van der Waals surface area contributed by atoms with E-state index in [-0.39, 0.29) is 37.0 Å². The Labute approximate surface area is 249 Å². The number of nitrogens with one attached hydrogen (secondary N) is 1. The fourth-order valence-electron chi connectivity index (χ4n) is 5.37. The summed E-state index contributed by atoms with van der Waals surface area (Å²) < 4.78 is 22.1. The van der Waals surface area contributed by atoms with Gasteiger partial charge in [0.15, 0.2) is 12.1 Å². The second-order valence-electron chi connectivity index (χ2n) is 11.0. The quantitative estimate of drug-likeness (QED) is 0.299. The molecule has 0 radical (unpaired) electrons. The highest BCUT2D eigenvalue weighted by Crippen LogP contribution is 2.32. The smallest absolute Gasteiger partial charge is 0.254 e. The van der Waals surface area contributed by atoms with Crippen LogP contribution in [0.1, 0.15) is 56.0 Å². The number of aryl methyl sites for hydroxylation is 1. The summed E-state index contributed by atoms with van der Waals surface area (Å²) in [6, 6.07) is 8.80. The first-order chi connectivity index (χ1) is 20.3. The van der Waals surface area contributed by atoms with Gasteiger partial charge in [-0.15, -0.1) is 11.3 Å². The minimum absolute atomic E-state index is 0.0752. The van der Waals surface area contributed by atoms with Gasteiger partial charge in [-0.25, -0.2) is 4.98 Å². The number of nitrogens with zero attached hydrogens (tertiary/aromatic N) is 3.